The summed E-state index contributed by atoms with van der Waals surface area (Å²) in [5, 5.41) is 14.1. The molecule has 0 radical (unpaired) electrons. The molecule has 1 N–H and O–H groups in total. The Morgan fingerprint density at radius 2 is 2.00 bits per heavy atom. The largest absolute Gasteiger partial charge is 0.322 e. The maximum absolute atomic E-state index is 12.0. The summed E-state index contributed by atoms with van der Waals surface area (Å²) in [4.78, 5) is 15.9. The van der Waals surface area contributed by atoms with Gasteiger partial charge in [-0.2, -0.15) is 0 Å². The SMILES string of the molecule is Cn1nnnc1-c1ccc(NC(=O)c2cccnc2)cc1. The minimum absolute atomic E-state index is 0.198. The standard InChI is InChI=1S/C14H12N6O/c1-20-13(17-18-19-20)10-4-6-12(7-5-10)16-14(21)11-3-2-8-15-9-11/h2-9H,1H3,(H,16,21). The van der Waals surface area contributed by atoms with Gasteiger partial charge >= 0.3 is 0 Å². The molecule has 0 unspecified atom stereocenters. The van der Waals surface area contributed by atoms with E-state index in [1.54, 1.807) is 42.2 Å². The van der Waals surface area contributed by atoms with Crippen molar-refractivity contribution in [2.24, 2.45) is 7.05 Å². The van der Waals surface area contributed by atoms with Crippen molar-refractivity contribution in [3.63, 3.8) is 0 Å². The summed E-state index contributed by atoms with van der Waals surface area (Å²) in [5.41, 5.74) is 2.09. The van der Waals surface area contributed by atoms with E-state index in [1.807, 2.05) is 12.1 Å². The van der Waals surface area contributed by atoms with Gasteiger partial charge < -0.3 is 5.32 Å². The van der Waals surface area contributed by atoms with Crippen molar-refractivity contribution in [2.45, 2.75) is 0 Å². The summed E-state index contributed by atoms with van der Waals surface area (Å²) in [6.45, 7) is 0. The van der Waals surface area contributed by atoms with Crippen LogP contribution in [0.4, 0.5) is 5.69 Å². The number of aryl methyl sites for hydroxylation is 1. The molecule has 7 heteroatoms. The summed E-state index contributed by atoms with van der Waals surface area (Å²) in [6, 6.07) is 10.7. The summed E-state index contributed by atoms with van der Waals surface area (Å²) >= 11 is 0. The third-order valence-corrected chi connectivity index (χ3v) is 2.94. The lowest BCUT2D eigenvalue weighted by Crippen LogP contribution is -2.11. The first-order valence-corrected chi connectivity index (χ1v) is 6.28. The van der Waals surface area contributed by atoms with E-state index < -0.39 is 0 Å². The van der Waals surface area contributed by atoms with Crippen LogP contribution in [0.1, 0.15) is 10.4 Å². The van der Waals surface area contributed by atoms with Gasteiger partial charge in [-0.25, -0.2) is 4.68 Å². The Labute approximate surface area is 120 Å². The van der Waals surface area contributed by atoms with Crippen molar-refractivity contribution in [1.82, 2.24) is 25.2 Å². The fourth-order valence-electron chi connectivity index (χ4n) is 1.88. The van der Waals surface area contributed by atoms with E-state index in [0.717, 1.165) is 5.56 Å². The Hall–Kier alpha value is -3.09. The minimum atomic E-state index is -0.198. The molecule has 2 heterocycles. The molecule has 3 aromatic rings. The van der Waals surface area contributed by atoms with Crippen LogP contribution in [0.3, 0.4) is 0 Å². The maximum Gasteiger partial charge on any atom is 0.257 e. The van der Waals surface area contributed by atoms with Crippen molar-refractivity contribution in [1.29, 1.82) is 0 Å². The average Bonchev–Trinajstić information content (AvgIpc) is 2.95. The second kappa shape index (κ2) is 5.49. The van der Waals surface area contributed by atoms with Crippen LogP contribution in [0.15, 0.2) is 48.8 Å². The lowest BCUT2D eigenvalue weighted by molar-refractivity contribution is 0.102. The van der Waals surface area contributed by atoms with E-state index in [4.69, 9.17) is 0 Å². The molecular formula is C14H12N6O. The van der Waals surface area contributed by atoms with Gasteiger partial charge in [0.15, 0.2) is 5.82 Å². The molecule has 0 bridgehead atoms. The van der Waals surface area contributed by atoms with E-state index in [1.165, 1.54) is 6.20 Å². The Morgan fingerprint density at radius 3 is 2.62 bits per heavy atom. The van der Waals surface area contributed by atoms with Crippen LogP contribution in [-0.4, -0.2) is 31.1 Å². The summed E-state index contributed by atoms with van der Waals surface area (Å²) in [5.74, 6) is 0.469. The molecule has 0 aliphatic rings. The molecule has 21 heavy (non-hydrogen) atoms. The predicted octanol–water partition coefficient (Wildman–Crippen LogP) is 1.52. The molecule has 3 rings (SSSR count). The third kappa shape index (κ3) is 2.76. The lowest BCUT2D eigenvalue weighted by atomic mass is 10.2. The van der Waals surface area contributed by atoms with Crippen molar-refractivity contribution >= 4 is 11.6 Å². The molecule has 0 saturated heterocycles. The van der Waals surface area contributed by atoms with Gasteiger partial charge in [0.05, 0.1) is 5.56 Å². The van der Waals surface area contributed by atoms with Crippen LogP contribution >= 0.6 is 0 Å². The number of amides is 1. The molecule has 104 valence electrons. The molecule has 0 fully saturated rings. The number of tetrazole rings is 1. The fraction of sp³-hybridized carbons (Fsp3) is 0.0714. The number of pyridine rings is 1. The number of carbonyl (C=O) groups is 1. The van der Waals surface area contributed by atoms with Crippen LogP contribution in [0.5, 0.6) is 0 Å². The number of carbonyl (C=O) groups excluding carboxylic acids is 1. The van der Waals surface area contributed by atoms with Crippen LogP contribution in [0.25, 0.3) is 11.4 Å². The van der Waals surface area contributed by atoms with Gasteiger partial charge in [0.25, 0.3) is 5.91 Å². The second-order valence-corrected chi connectivity index (χ2v) is 4.40. The van der Waals surface area contributed by atoms with Gasteiger partial charge in [-0.3, -0.25) is 9.78 Å². The maximum atomic E-state index is 12.0. The molecule has 0 aliphatic carbocycles. The first-order chi connectivity index (χ1) is 10.2. The quantitative estimate of drug-likeness (QED) is 0.786. The molecular weight excluding hydrogens is 268 g/mol. The Balaban J connectivity index is 1.76. The molecule has 2 aromatic heterocycles. The zero-order valence-corrected chi connectivity index (χ0v) is 11.3. The van der Waals surface area contributed by atoms with E-state index in [9.17, 15) is 4.79 Å². The Kier molecular flexibility index (Phi) is 3.38. The highest BCUT2D eigenvalue weighted by Gasteiger charge is 2.08. The first-order valence-electron chi connectivity index (χ1n) is 6.28. The fourth-order valence-corrected chi connectivity index (χ4v) is 1.88. The molecule has 0 spiro atoms. The minimum Gasteiger partial charge on any atom is -0.322 e. The van der Waals surface area contributed by atoms with Crippen molar-refractivity contribution in [3.05, 3.63) is 54.4 Å². The van der Waals surface area contributed by atoms with Gasteiger partial charge in [-0.05, 0) is 46.8 Å². The molecule has 0 aliphatic heterocycles. The summed E-state index contributed by atoms with van der Waals surface area (Å²) in [6.07, 6.45) is 3.15. The van der Waals surface area contributed by atoms with Crippen molar-refractivity contribution < 1.29 is 4.79 Å². The zero-order chi connectivity index (χ0) is 14.7. The number of aromatic nitrogens is 5. The Morgan fingerprint density at radius 1 is 1.19 bits per heavy atom. The van der Waals surface area contributed by atoms with Crippen LogP contribution in [0, 0.1) is 0 Å². The first kappa shape index (κ1) is 12.9. The lowest BCUT2D eigenvalue weighted by Gasteiger charge is -2.06. The van der Waals surface area contributed by atoms with Gasteiger partial charge in [-0.1, -0.05) is 0 Å². The molecule has 0 saturated carbocycles. The highest BCUT2D eigenvalue weighted by Crippen LogP contribution is 2.18. The molecule has 7 nitrogen and oxygen atoms in total. The Bertz CT molecular complexity index is 751. The van der Waals surface area contributed by atoms with Crippen molar-refractivity contribution in [3.8, 4) is 11.4 Å². The molecule has 0 atom stereocenters. The number of hydrogen-bond donors (Lipinski definition) is 1. The average molecular weight is 280 g/mol. The van der Waals surface area contributed by atoms with Gasteiger partial charge in [-0.15, -0.1) is 5.10 Å². The van der Waals surface area contributed by atoms with Crippen LogP contribution in [0.2, 0.25) is 0 Å². The number of nitrogens with zero attached hydrogens (tertiary/aromatic N) is 5. The zero-order valence-electron chi connectivity index (χ0n) is 11.3. The number of rotatable bonds is 3. The number of nitrogens with one attached hydrogen (secondary N) is 1. The van der Waals surface area contributed by atoms with Crippen LogP contribution in [-0.2, 0) is 7.05 Å². The number of benzene rings is 1. The highest BCUT2D eigenvalue weighted by molar-refractivity contribution is 6.04. The van der Waals surface area contributed by atoms with Gasteiger partial charge in [0.2, 0.25) is 0 Å². The van der Waals surface area contributed by atoms with E-state index >= 15 is 0 Å². The smallest absolute Gasteiger partial charge is 0.257 e. The van der Waals surface area contributed by atoms with E-state index in [2.05, 4.69) is 25.8 Å². The van der Waals surface area contributed by atoms with E-state index in [-0.39, 0.29) is 5.91 Å². The normalized spacial score (nSPS) is 10.3. The van der Waals surface area contributed by atoms with Crippen molar-refractivity contribution in [2.75, 3.05) is 5.32 Å². The van der Waals surface area contributed by atoms with Gasteiger partial charge in [0, 0.05) is 30.7 Å². The second-order valence-electron chi connectivity index (χ2n) is 4.40. The van der Waals surface area contributed by atoms with Gasteiger partial charge in [0.1, 0.15) is 0 Å². The third-order valence-electron chi connectivity index (χ3n) is 2.94. The highest BCUT2D eigenvalue weighted by atomic mass is 16.1. The molecule has 1 aromatic carbocycles. The topological polar surface area (TPSA) is 85.6 Å². The van der Waals surface area contributed by atoms with Crippen LogP contribution < -0.4 is 5.32 Å². The monoisotopic (exact) mass is 280 g/mol. The van der Waals surface area contributed by atoms with E-state index in [0.29, 0.717) is 17.1 Å². The summed E-state index contributed by atoms with van der Waals surface area (Å²) < 4.78 is 1.59. The number of anilines is 1. The summed E-state index contributed by atoms with van der Waals surface area (Å²) in [7, 11) is 1.77. The number of hydrogen-bond acceptors (Lipinski definition) is 5. The molecule has 1 amide bonds. The predicted molar refractivity (Wildman–Crippen MR) is 76.4 cm³/mol.